The molecule has 0 aliphatic heterocycles. The van der Waals surface area contributed by atoms with Crippen LogP contribution in [-0.4, -0.2) is 14.2 Å². The summed E-state index contributed by atoms with van der Waals surface area (Å²) in [6.45, 7) is 5.77. The maximum atomic E-state index is 13.7. The van der Waals surface area contributed by atoms with E-state index in [1.165, 1.54) is 0 Å². The summed E-state index contributed by atoms with van der Waals surface area (Å²) in [6, 6.07) is 21.1. The number of nitrogen functional groups attached to an aromatic ring is 1. The molecule has 33 heavy (non-hydrogen) atoms. The van der Waals surface area contributed by atoms with E-state index in [-0.39, 0.29) is 26.1 Å². The molecular weight excluding hydrogens is 452 g/mol. The maximum absolute atomic E-state index is 13.7. The number of rotatable bonds is 6. The number of nitrogens with one attached hydrogen (secondary N) is 1. The van der Waals surface area contributed by atoms with E-state index < -0.39 is 9.84 Å². The number of anilines is 3. The van der Waals surface area contributed by atoms with Crippen molar-refractivity contribution in [3.8, 4) is 0 Å². The summed E-state index contributed by atoms with van der Waals surface area (Å²) in [5.74, 6) is -0.312. The van der Waals surface area contributed by atoms with Crippen LogP contribution in [0.15, 0.2) is 82.6 Å². The predicted molar refractivity (Wildman–Crippen MR) is 134 cm³/mol. The number of nitrogens with two attached hydrogens (primary N) is 1. The Kier molecular flexibility index (Phi) is 6.10. The van der Waals surface area contributed by atoms with Crippen molar-refractivity contribution in [3.05, 3.63) is 99.9 Å². The fourth-order valence-corrected chi connectivity index (χ4v) is 6.55. The van der Waals surface area contributed by atoms with Crippen LogP contribution < -0.4 is 11.1 Å². The van der Waals surface area contributed by atoms with Gasteiger partial charge in [0.1, 0.15) is 14.8 Å². The lowest BCUT2D eigenvalue weighted by Gasteiger charge is -2.13. The minimum atomic E-state index is -3.99. The molecule has 168 valence electrons. The fourth-order valence-electron chi connectivity index (χ4n) is 3.63. The van der Waals surface area contributed by atoms with Gasteiger partial charge in [0.2, 0.25) is 15.6 Å². The van der Waals surface area contributed by atoms with Gasteiger partial charge in [0, 0.05) is 11.3 Å². The first-order chi connectivity index (χ1) is 15.7. The SMILES string of the molecule is Cc1ccc(S(=O)(=O)c2c(Nc3c(C)cccc3C)sc(C(=O)c3ccccc3)c2N)cc1. The van der Waals surface area contributed by atoms with E-state index in [4.69, 9.17) is 5.73 Å². The Balaban J connectivity index is 1.92. The van der Waals surface area contributed by atoms with Gasteiger partial charge in [0.05, 0.1) is 10.6 Å². The van der Waals surface area contributed by atoms with Gasteiger partial charge in [-0.1, -0.05) is 66.2 Å². The van der Waals surface area contributed by atoms with Crippen molar-refractivity contribution in [1.82, 2.24) is 0 Å². The van der Waals surface area contributed by atoms with Crippen molar-refractivity contribution in [2.24, 2.45) is 0 Å². The minimum absolute atomic E-state index is 0.0387. The first-order valence-electron chi connectivity index (χ1n) is 10.4. The number of carbonyl (C=O) groups is 1. The van der Waals surface area contributed by atoms with Gasteiger partial charge in [-0.15, -0.1) is 11.3 Å². The van der Waals surface area contributed by atoms with Gasteiger partial charge in [0.15, 0.2) is 0 Å². The van der Waals surface area contributed by atoms with E-state index in [2.05, 4.69) is 5.32 Å². The van der Waals surface area contributed by atoms with Gasteiger partial charge >= 0.3 is 0 Å². The number of benzene rings is 3. The summed E-state index contributed by atoms with van der Waals surface area (Å²) in [7, 11) is -3.99. The van der Waals surface area contributed by atoms with Crippen LogP contribution in [-0.2, 0) is 9.84 Å². The van der Waals surface area contributed by atoms with Crippen LogP contribution in [0.3, 0.4) is 0 Å². The highest BCUT2D eigenvalue weighted by atomic mass is 32.2. The molecule has 0 bridgehead atoms. The summed E-state index contributed by atoms with van der Waals surface area (Å²) in [4.78, 5) is 13.5. The highest BCUT2D eigenvalue weighted by Gasteiger charge is 2.32. The van der Waals surface area contributed by atoms with E-state index in [0.29, 0.717) is 10.6 Å². The summed E-state index contributed by atoms with van der Waals surface area (Å²) >= 11 is 1.06. The number of carbonyl (C=O) groups excluding carboxylic acids is 1. The zero-order chi connectivity index (χ0) is 23.8. The van der Waals surface area contributed by atoms with Crippen LogP contribution in [0.5, 0.6) is 0 Å². The second-order valence-corrected chi connectivity index (χ2v) is 10.8. The fraction of sp³-hybridized carbons (Fsp3) is 0.115. The number of thiophene rings is 1. The molecule has 0 aliphatic carbocycles. The molecular formula is C26H24N2O3S2. The van der Waals surface area contributed by atoms with Crippen molar-refractivity contribution < 1.29 is 13.2 Å². The van der Waals surface area contributed by atoms with Crippen LogP contribution in [0.1, 0.15) is 31.9 Å². The summed E-state index contributed by atoms with van der Waals surface area (Å²) < 4.78 is 27.4. The number of para-hydroxylation sites is 1. The van der Waals surface area contributed by atoms with Crippen molar-refractivity contribution >= 4 is 43.3 Å². The summed E-state index contributed by atoms with van der Waals surface area (Å²) in [5.41, 5.74) is 10.5. The maximum Gasteiger partial charge on any atom is 0.211 e. The first kappa shape index (κ1) is 22.8. The van der Waals surface area contributed by atoms with E-state index >= 15 is 0 Å². The summed E-state index contributed by atoms with van der Waals surface area (Å²) in [6.07, 6.45) is 0. The topological polar surface area (TPSA) is 89.3 Å². The lowest BCUT2D eigenvalue weighted by Crippen LogP contribution is -2.08. The standard InChI is InChI=1S/C26H24N2O3S2/c1-16-12-14-20(15-13-16)33(30,31)25-21(27)24(23(29)19-10-5-4-6-11-19)32-26(25)28-22-17(2)8-7-9-18(22)3/h4-15,28H,27H2,1-3H3. The second-order valence-electron chi connectivity index (χ2n) is 7.91. The molecule has 0 fully saturated rings. The molecule has 0 atom stereocenters. The average Bonchev–Trinajstić information content (AvgIpc) is 3.13. The molecule has 0 amide bonds. The van der Waals surface area contributed by atoms with Gasteiger partial charge in [-0.25, -0.2) is 8.42 Å². The van der Waals surface area contributed by atoms with Crippen LogP contribution in [0.2, 0.25) is 0 Å². The van der Waals surface area contributed by atoms with Crippen LogP contribution in [0.4, 0.5) is 16.4 Å². The molecule has 4 rings (SSSR count). The molecule has 0 radical (unpaired) electrons. The van der Waals surface area contributed by atoms with Crippen LogP contribution in [0, 0.1) is 20.8 Å². The number of aryl methyl sites for hydroxylation is 3. The lowest BCUT2D eigenvalue weighted by atomic mass is 10.1. The lowest BCUT2D eigenvalue weighted by molar-refractivity contribution is 0.104. The molecule has 3 N–H and O–H groups in total. The Hall–Kier alpha value is -3.42. The smallest absolute Gasteiger partial charge is 0.211 e. The molecule has 0 unspecified atom stereocenters. The van der Waals surface area contributed by atoms with E-state index in [1.54, 1.807) is 48.5 Å². The van der Waals surface area contributed by atoms with E-state index in [9.17, 15) is 13.2 Å². The Morgan fingerprint density at radius 2 is 1.45 bits per heavy atom. The third kappa shape index (κ3) is 4.29. The molecule has 1 aromatic heterocycles. The normalized spacial score (nSPS) is 11.4. The summed E-state index contributed by atoms with van der Waals surface area (Å²) in [5, 5.41) is 3.59. The molecule has 0 aliphatic rings. The molecule has 0 spiro atoms. The zero-order valence-corrected chi connectivity index (χ0v) is 20.2. The predicted octanol–water partition coefficient (Wildman–Crippen LogP) is 6.06. The van der Waals surface area contributed by atoms with Crippen molar-refractivity contribution in [2.45, 2.75) is 30.6 Å². The van der Waals surface area contributed by atoms with Gasteiger partial charge in [-0.3, -0.25) is 4.79 Å². The van der Waals surface area contributed by atoms with Gasteiger partial charge in [-0.2, -0.15) is 0 Å². The Morgan fingerprint density at radius 1 is 0.848 bits per heavy atom. The van der Waals surface area contributed by atoms with Crippen molar-refractivity contribution in [2.75, 3.05) is 11.1 Å². The Labute approximate surface area is 197 Å². The molecule has 0 saturated heterocycles. The first-order valence-corrected chi connectivity index (χ1v) is 12.7. The average molecular weight is 477 g/mol. The molecule has 3 aromatic carbocycles. The van der Waals surface area contributed by atoms with E-state index in [0.717, 1.165) is 33.7 Å². The largest absolute Gasteiger partial charge is 0.396 e. The third-order valence-corrected chi connectivity index (χ3v) is 8.56. The second kappa shape index (κ2) is 8.84. The highest BCUT2D eigenvalue weighted by Crippen LogP contribution is 2.44. The number of ketones is 1. The molecule has 4 aromatic rings. The number of hydrogen-bond acceptors (Lipinski definition) is 6. The third-order valence-electron chi connectivity index (χ3n) is 5.46. The van der Waals surface area contributed by atoms with Gasteiger partial charge in [0.25, 0.3) is 0 Å². The molecule has 1 heterocycles. The number of hydrogen-bond donors (Lipinski definition) is 2. The Morgan fingerprint density at radius 3 is 2.06 bits per heavy atom. The zero-order valence-electron chi connectivity index (χ0n) is 18.5. The van der Waals surface area contributed by atoms with Crippen LogP contribution in [0.25, 0.3) is 0 Å². The van der Waals surface area contributed by atoms with Crippen LogP contribution >= 0.6 is 11.3 Å². The molecule has 7 heteroatoms. The quantitative estimate of drug-likeness (QED) is 0.330. The monoisotopic (exact) mass is 476 g/mol. The molecule has 0 saturated carbocycles. The van der Waals surface area contributed by atoms with Gasteiger partial charge in [-0.05, 0) is 44.0 Å². The van der Waals surface area contributed by atoms with Gasteiger partial charge < -0.3 is 11.1 Å². The van der Waals surface area contributed by atoms with Crippen molar-refractivity contribution in [3.63, 3.8) is 0 Å². The molecule has 5 nitrogen and oxygen atoms in total. The Bertz CT molecular complexity index is 1420. The highest BCUT2D eigenvalue weighted by molar-refractivity contribution is 7.92. The van der Waals surface area contributed by atoms with E-state index in [1.807, 2.05) is 45.0 Å². The minimum Gasteiger partial charge on any atom is -0.396 e. The van der Waals surface area contributed by atoms with Crippen molar-refractivity contribution in [1.29, 1.82) is 0 Å². The number of sulfone groups is 1.